The molecule has 0 aromatic heterocycles. The van der Waals surface area contributed by atoms with Crippen LogP contribution in [0.5, 0.6) is 5.75 Å². The minimum Gasteiger partial charge on any atom is -0.495 e. The van der Waals surface area contributed by atoms with Crippen LogP contribution in [0, 0.1) is 0 Å². The molecule has 6 heteroatoms. The minimum absolute atomic E-state index is 0.0835. The van der Waals surface area contributed by atoms with Gasteiger partial charge in [-0.25, -0.2) is 4.79 Å². The molecule has 1 aromatic rings. The molecule has 0 aliphatic rings. The second-order valence-corrected chi connectivity index (χ2v) is 4.30. The number of carboxylic acid groups (broad SMARTS) is 1. The Morgan fingerprint density at radius 2 is 2.19 bits per heavy atom. The molecule has 0 saturated carbocycles. The molecule has 6 nitrogen and oxygen atoms in total. The van der Waals surface area contributed by atoms with Crippen LogP contribution in [0.1, 0.15) is 23.7 Å². The van der Waals surface area contributed by atoms with E-state index in [2.05, 4.69) is 11.9 Å². The van der Waals surface area contributed by atoms with E-state index >= 15 is 0 Å². The van der Waals surface area contributed by atoms with Gasteiger partial charge in [-0.15, -0.1) is 6.58 Å². The molecule has 0 aliphatic carbocycles. The molecular weight excluding hydrogens is 274 g/mol. The van der Waals surface area contributed by atoms with Crippen LogP contribution in [0.4, 0.5) is 5.69 Å². The molecule has 114 valence electrons. The highest BCUT2D eigenvalue weighted by atomic mass is 16.5. The highest BCUT2D eigenvalue weighted by Gasteiger charge is 2.16. The Morgan fingerprint density at radius 3 is 2.76 bits per heavy atom. The van der Waals surface area contributed by atoms with E-state index in [4.69, 9.17) is 14.6 Å². The lowest BCUT2D eigenvalue weighted by Crippen LogP contribution is -2.28. The predicted octanol–water partition coefficient (Wildman–Crippen LogP) is 2.31. The highest BCUT2D eigenvalue weighted by Crippen LogP contribution is 2.25. The van der Waals surface area contributed by atoms with Gasteiger partial charge in [-0.1, -0.05) is 6.08 Å². The van der Waals surface area contributed by atoms with Crippen LogP contribution < -0.4 is 10.1 Å². The van der Waals surface area contributed by atoms with Crippen molar-refractivity contribution in [1.29, 1.82) is 0 Å². The summed E-state index contributed by atoms with van der Waals surface area (Å²) < 4.78 is 10.4. The summed E-state index contributed by atoms with van der Waals surface area (Å²) in [6.07, 6.45) is 1.74. The lowest BCUT2D eigenvalue weighted by molar-refractivity contribution is -0.126. The number of carboxylic acids is 1. The molecule has 0 spiro atoms. The number of carbonyl (C=O) groups is 2. The molecule has 1 aromatic carbocycles. The molecule has 0 heterocycles. The summed E-state index contributed by atoms with van der Waals surface area (Å²) in [5.41, 5.74) is 0.479. The SMILES string of the molecule is C=CCCOC(C)C(=O)Nc1ccc(C(=O)O)cc1OC. The van der Waals surface area contributed by atoms with Crippen LogP contribution in [-0.2, 0) is 9.53 Å². The molecule has 1 unspecified atom stereocenters. The van der Waals surface area contributed by atoms with E-state index in [0.717, 1.165) is 0 Å². The second-order valence-electron chi connectivity index (χ2n) is 4.30. The lowest BCUT2D eigenvalue weighted by Gasteiger charge is -2.15. The third-order valence-electron chi connectivity index (χ3n) is 2.77. The van der Waals surface area contributed by atoms with Gasteiger partial charge in [-0.05, 0) is 31.5 Å². The summed E-state index contributed by atoms with van der Waals surface area (Å²) in [4.78, 5) is 22.8. The quantitative estimate of drug-likeness (QED) is 0.567. The number of ether oxygens (including phenoxy) is 2. The highest BCUT2D eigenvalue weighted by molar-refractivity contribution is 5.96. The average Bonchev–Trinajstić information content (AvgIpc) is 2.47. The Morgan fingerprint density at radius 1 is 1.48 bits per heavy atom. The van der Waals surface area contributed by atoms with Crippen molar-refractivity contribution in [3.63, 3.8) is 0 Å². The van der Waals surface area contributed by atoms with Gasteiger partial charge >= 0.3 is 5.97 Å². The zero-order valence-electron chi connectivity index (χ0n) is 12.1. The Kier molecular flexibility index (Phi) is 6.42. The molecular formula is C15H19NO5. The number of carbonyl (C=O) groups excluding carboxylic acids is 1. The molecule has 21 heavy (non-hydrogen) atoms. The van der Waals surface area contributed by atoms with Gasteiger partial charge in [-0.2, -0.15) is 0 Å². The van der Waals surface area contributed by atoms with Crippen LogP contribution in [0.3, 0.4) is 0 Å². The van der Waals surface area contributed by atoms with Crippen molar-refractivity contribution in [3.8, 4) is 5.75 Å². The Balaban J connectivity index is 2.75. The van der Waals surface area contributed by atoms with E-state index in [0.29, 0.717) is 18.7 Å². The lowest BCUT2D eigenvalue weighted by atomic mass is 10.2. The maximum atomic E-state index is 12.0. The zero-order valence-corrected chi connectivity index (χ0v) is 12.1. The second kappa shape index (κ2) is 8.06. The van der Waals surface area contributed by atoms with Crippen LogP contribution in [0.15, 0.2) is 30.9 Å². The van der Waals surface area contributed by atoms with Gasteiger partial charge in [0.2, 0.25) is 0 Å². The van der Waals surface area contributed by atoms with Crippen LogP contribution in [0.2, 0.25) is 0 Å². The van der Waals surface area contributed by atoms with E-state index in [9.17, 15) is 9.59 Å². The van der Waals surface area contributed by atoms with E-state index in [1.807, 2.05) is 0 Å². The smallest absolute Gasteiger partial charge is 0.335 e. The maximum Gasteiger partial charge on any atom is 0.335 e. The zero-order chi connectivity index (χ0) is 15.8. The van der Waals surface area contributed by atoms with Crippen LogP contribution >= 0.6 is 0 Å². The van der Waals surface area contributed by atoms with Crippen molar-refractivity contribution in [3.05, 3.63) is 36.4 Å². The van der Waals surface area contributed by atoms with E-state index in [-0.39, 0.29) is 17.2 Å². The van der Waals surface area contributed by atoms with Crippen molar-refractivity contribution >= 4 is 17.6 Å². The third kappa shape index (κ3) is 4.92. The summed E-state index contributed by atoms with van der Waals surface area (Å²) in [5.74, 6) is -1.12. The topological polar surface area (TPSA) is 84.9 Å². The molecule has 1 atom stereocenters. The van der Waals surface area contributed by atoms with Gasteiger partial charge in [0.1, 0.15) is 11.9 Å². The number of amides is 1. The molecule has 0 radical (unpaired) electrons. The molecule has 0 aliphatic heterocycles. The Hall–Kier alpha value is -2.34. The fourth-order valence-corrected chi connectivity index (χ4v) is 1.57. The number of aromatic carboxylic acids is 1. The summed E-state index contributed by atoms with van der Waals surface area (Å²) in [6, 6.07) is 4.22. The molecule has 1 rings (SSSR count). The van der Waals surface area contributed by atoms with Gasteiger partial charge in [0.15, 0.2) is 0 Å². The van der Waals surface area contributed by atoms with Crippen molar-refractivity contribution in [2.45, 2.75) is 19.4 Å². The summed E-state index contributed by atoms with van der Waals surface area (Å²) in [6.45, 7) is 5.62. The van der Waals surface area contributed by atoms with Gasteiger partial charge in [0.05, 0.1) is 25.0 Å². The Bertz CT molecular complexity index is 527. The number of anilines is 1. The maximum absolute atomic E-state index is 12.0. The largest absolute Gasteiger partial charge is 0.495 e. The summed E-state index contributed by atoms with van der Waals surface area (Å²) >= 11 is 0. The molecule has 0 bridgehead atoms. The minimum atomic E-state index is -1.06. The monoisotopic (exact) mass is 293 g/mol. The van der Waals surface area contributed by atoms with Gasteiger partial charge in [0, 0.05) is 0 Å². The number of hydrogen-bond acceptors (Lipinski definition) is 4. The van der Waals surface area contributed by atoms with E-state index in [1.54, 1.807) is 13.0 Å². The third-order valence-corrected chi connectivity index (χ3v) is 2.77. The Labute approximate surface area is 123 Å². The van der Waals surface area contributed by atoms with Crippen molar-refractivity contribution in [2.24, 2.45) is 0 Å². The van der Waals surface area contributed by atoms with Crippen molar-refractivity contribution in [2.75, 3.05) is 19.0 Å². The first kappa shape index (κ1) is 16.7. The van der Waals surface area contributed by atoms with E-state index < -0.39 is 12.1 Å². The normalized spacial score (nSPS) is 11.5. The number of rotatable bonds is 8. The number of nitrogens with one attached hydrogen (secondary N) is 1. The summed E-state index contributed by atoms with van der Waals surface area (Å²) in [7, 11) is 1.40. The predicted molar refractivity (Wildman–Crippen MR) is 78.8 cm³/mol. The summed E-state index contributed by atoms with van der Waals surface area (Å²) in [5, 5.41) is 11.6. The molecule has 0 saturated heterocycles. The molecule has 0 fully saturated rings. The number of hydrogen-bond donors (Lipinski definition) is 2. The van der Waals surface area contributed by atoms with Gasteiger partial charge in [0.25, 0.3) is 5.91 Å². The molecule has 2 N–H and O–H groups in total. The van der Waals surface area contributed by atoms with Crippen molar-refractivity contribution < 1.29 is 24.2 Å². The van der Waals surface area contributed by atoms with E-state index in [1.165, 1.54) is 25.3 Å². The van der Waals surface area contributed by atoms with Gasteiger partial charge < -0.3 is 19.9 Å². The standard InChI is InChI=1S/C15H19NO5/c1-4-5-8-21-10(2)14(17)16-12-7-6-11(15(18)19)9-13(12)20-3/h4,6-7,9-10H,1,5,8H2,2-3H3,(H,16,17)(H,18,19). The first-order chi connectivity index (χ1) is 9.99. The van der Waals surface area contributed by atoms with Crippen molar-refractivity contribution in [1.82, 2.24) is 0 Å². The molecule has 1 amide bonds. The first-order valence-electron chi connectivity index (χ1n) is 6.44. The fourth-order valence-electron chi connectivity index (χ4n) is 1.57. The van der Waals surface area contributed by atoms with Gasteiger partial charge in [-0.3, -0.25) is 4.79 Å². The number of methoxy groups -OCH3 is 1. The van der Waals surface area contributed by atoms with Crippen LogP contribution in [-0.4, -0.2) is 36.8 Å². The fraction of sp³-hybridized carbons (Fsp3) is 0.333. The average molecular weight is 293 g/mol. The number of benzene rings is 1. The van der Waals surface area contributed by atoms with Crippen LogP contribution in [0.25, 0.3) is 0 Å². The first-order valence-corrected chi connectivity index (χ1v) is 6.44.